The molecule has 3 rings (SSSR count). The summed E-state index contributed by atoms with van der Waals surface area (Å²) in [5, 5.41) is 7.66. The smallest absolute Gasteiger partial charge is 0.241 e. The second-order valence-electron chi connectivity index (χ2n) is 7.14. The van der Waals surface area contributed by atoms with Gasteiger partial charge in [0, 0.05) is 24.6 Å². The van der Waals surface area contributed by atoms with Crippen LogP contribution in [0.4, 0.5) is 0 Å². The maximum atomic E-state index is 12.2. The van der Waals surface area contributed by atoms with E-state index in [4.69, 9.17) is 16.1 Å². The van der Waals surface area contributed by atoms with Crippen LogP contribution >= 0.6 is 11.6 Å². The van der Waals surface area contributed by atoms with Gasteiger partial charge >= 0.3 is 0 Å². The Morgan fingerprint density at radius 1 is 1.33 bits per heavy atom. The summed E-state index contributed by atoms with van der Waals surface area (Å²) in [6.07, 6.45) is 1.69. The van der Waals surface area contributed by atoms with Crippen molar-refractivity contribution in [3.63, 3.8) is 0 Å². The Bertz CT molecular complexity index is 756. The van der Waals surface area contributed by atoms with Crippen molar-refractivity contribution in [3.05, 3.63) is 35.2 Å². The summed E-state index contributed by atoms with van der Waals surface area (Å²) >= 11 is 6.19. The number of rotatable bonds is 7. The van der Waals surface area contributed by atoms with Gasteiger partial charge in [-0.25, -0.2) is 0 Å². The summed E-state index contributed by atoms with van der Waals surface area (Å²) in [7, 11) is 4.00. The van der Waals surface area contributed by atoms with Crippen LogP contribution in [0.2, 0.25) is 5.02 Å². The van der Waals surface area contributed by atoms with Gasteiger partial charge in [0.15, 0.2) is 0 Å². The zero-order chi connectivity index (χ0) is 19.2. The average Bonchev–Trinajstić information content (AvgIpc) is 3.10. The highest BCUT2D eigenvalue weighted by atomic mass is 35.5. The van der Waals surface area contributed by atoms with E-state index in [1.54, 1.807) is 6.07 Å². The van der Waals surface area contributed by atoms with Gasteiger partial charge in [-0.3, -0.25) is 9.69 Å². The molecule has 1 aromatic heterocycles. The Morgan fingerprint density at radius 3 is 2.78 bits per heavy atom. The molecule has 0 atom stereocenters. The first kappa shape index (κ1) is 19.8. The quantitative estimate of drug-likeness (QED) is 0.780. The van der Waals surface area contributed by atoms with Crippen LogP contribution in [-0.2, 0) is 11.3 Å². The summed E-state index contributed by atoms with van der Waals surface area (Å²) in [5.41, 5.74) is 0.766. The molecule has 27 heavy (non-hydrogen) atoms. The number of likely N-dealkylation sites (N-methyl/N-ethyl adjacent to an activating group) is 1. The Morgan fingerprint density at radius 2 is 2.07 bits per heavy atom. The topological polar surface area (TPSA) is 74.5 Å². The minimum absolute atomic E-state index is 0.0878. The lowest BCUT2D eigenvalue weighted by Crippen LogP contribution is -2.41. The van der Waals surface area contributed by atoms with Gasteiger partial charge in [-0.2, -0.15) is 4.98 Å². The molecule has 0 spiro atoms. The lowest BCUT2D eigenvalue weighted by molar-refractivity contribution is -0.126. The van der Waals surface area contributed by atoms with Crippen molar-refractivity contribution in [1.29, 1.82) is 0 Å². The van der Waals surface area contributed by atoms with Gasteiger partial charge in [0.25, 0.3) is 0 Å². The fraction of sp³-hybridized carbons (Fsp3) is 0.526. The van der Waals surface area contributed by atoms with Crippen LogP contribution in [-0.4, -0.2) is 66.1 Å². The predicted octanol–water partition coefficient (Wildman–Crippen LogP) is 2.28. The number of carbonyl (C=O) groups excluding carboxylic acids is 1. The number of benzene rings is 1. The average molecular weight is 392 g/mol. The van der Waals surface area contributed by atoms with Gasteiger partial charge in [0.05, 0.1) is 11.6 Å². The number of halogens is 1. The van der Waals surface area contributed by atoms with Crippen molar-refractivity contribution in [2.75, 3.05) is 40.3 Å². The van der Waals surface area contributed by atoms with Gasteiger partial charge < -0.3 is 14.7 Å². The zero-order valence-electron chi connectivity index (χ0n) is 15.8. The first-order valence-electron chi connectivity index (χ1n) is 9.25. The molecule has 1 aliphatic heterocycles. The molecular formula is C19H26ClN5O2. The third-order valence-corrected chi connectivity index (χ3v) is 5.09. The van der Waals surface area contributed by atoms with E-state index in [1.807, 2.05) is 32.3 Å². The molecule has 1 saturated heterocycles. The predicted molar refractivity (Wildman–Crippen MR) is 104 cm³/mol. The van der Waals surface area contributed by atoms with Crippen LogP contribution in [0.1, 0.15) is 18.7 Å². The number of aromatic nitrogens is 2. The maximum Gasteiger partial charge on any atom is 0.241 e. The molecule has 146 valence electrons. The van der Waals surface area contributed by atoms with E-state index in [1.165, 1.54) is 0 Å². The number of carbonyl (C=O) groups is 1. The number of nitrogens with zero attached hydrogens (tertiary/aromatic N) is 4. The van der Waals surface area contributed by atoms with Crippen molar-refractivity contribution >= 4 is 17.5 Å². The summed E-state index contributed by atoms with van der Waals surface area (Å²) in [4.78, 5) is 21.0. The molecule has 0 radical (unpaired) electrons. The minimum atomic E-state index is 0.0878. The molecule has 2 aromatic rings. The number of hydrogen-bond acceptors (Lipinski definition) is 6. The number of nitrogens with one attached hydrogen (secondary N) is 1. The molecule has 0 bridgehead atoms. The molecule has 1 fully saturated rings. The lowest BCUT2D eigenvalue weighted by Gasteiger charge is -2.30. The molecule has 0 unspecified atom stereocenters. The van der Waals surface area contributed by atoms with E-state index in [0.717, 1.165) is 38.0 Å². The standard InChI is InChI=1S/C19H26ClN5O2/c1-24(2)12-9-21-19(26)14-7-10-25(11-8-14)13-17-22-18(23-27-17)15-5-3-4-6-16(15)20/h3-6,14H,7-13H2,1-2H3,(H,21,26). The Hall–Kier alpha value is -1.96. The van der Waals surface area contributed by atoms with Crippen molar-refractivity contribution in [3.8, 4) is 11.4 Å². The third-order valence-electron chi connectivity index (χ3n) is 4.76. The van der Waals surface area contributed by atoms with Crippen molar-refractivity contribution in [2.45, 2.75) is 19.4 Å². The van der Waals surface area contributed by atoms with Gasteiger partial charge in [0.2, 0.25) is 17.6 Å². The highest BCUT2D eigenvalue weighted by molar-refractivity contribution is 6.33. The number of hydrogen-bond donors (Lipinski definition) is 1. The van der Waals surface area contributed by atoms with Gasteiger partial charge in [-0.1, -0.05) is 28.9 Å². The molecule has 8 heteroatoms. The zero-order valence-corrected chi connectivity index (χ0v) is 16.6. The molecular weight excluding hydrogens is 366 g/mol. The largest absolute Gasteiger partial charge is 0.355 e. The lowest BCUT2D eigenvalue weighted by atomic mass is 9.96. The highest BCUT2D eigenvalue weighted by Gasteiger charge is 2.25. The third kappa shape index (κ3) is 5.51. The Balaban J connectivity index is 1.47. The van der Waals surface area contributed by atoms with Crippen molar-refractivity contribution < 1.29 is 9.32 Å². The Labute approximate surface area is 164 Å². The molecule has 0 saturated carbocycles. The van der Waals surface area contributed by atoms with Crippen LogP contribution in [0.3, 0.4) is 0 Å². The Kier molecular flexibility index (Phi) is 6.82. The van der Waals surface area contributed by atoms with Crippen molar-refractivity contribution in [2.24, 2.45) is 5.92 Å². The van der Waals surface area contributed by atoms with E-state index in [9.17, 15) is 4.79 Å². The summed E-state index contributed by atoms with van der Waals surface area (Å²) in [6, 6.07) is 7.44. The highest BCUT2D eigenvalue weighted by Crippen LogP contribution is 2.25. The first-order chi connectivity index (χ1) is 13.0. The van der Waals surface area contributed by atoms with Crippen LogP contribution in [0.5, 0.6) is 0 Å². The van der Waals surface area contributed by atoms with Crippen molar-refractivity contribution in [1.82, 2.24) is 25.3 Å². The van der Waals surface area contributed by atoms with Gasteiger partial charge in [0.1, 0.15) is 0 Å². The second kappa shape index (κ2) is 9.30. The molecule has 1 amide bonds. The van der Waals surface area contributed by atoms with Gasteiger partial charge in [-0.05, 0) is 52.2 Å². The first-order valence-corrected chi connectivity index (χ1v) is 9.63. The SMILES string of the molecule is CN(C)CCNC(=O)C1CCN(Cc2nc(-c3ccccc3Cl)no2)CC1. The van der Waals surface area contributed by atoms with Crippen LogP contribution in [0, 0.1) is 5.92 Å². The fourth-order valence-electron chi connectivity index (χ4n) is 3.16. The summed E-state index contributed by atoms with van der Waals surface area (Å²) in [6.45, 7) is 3.83. The monoisotopic (exact) mass is 391 g/mol. The molecule has 7 nitrogen and oxygen atoms in total. The van der Waals surface area contributed by atoms with Crippen LogP contribution in [0.25, 0.3) is 11.4 Å². The summed E-state index contributed by atoms with van der Waals surface area (Å²) < 4.78 is 5.38. The summed E-state index contributed by atoms with van der Waals surface area (Å²) in [5.74, 6) is 1.32. The van der Waals surface area contributed by atoms with E-state index in [0.29, 0.717) is 29.8 Å². The molecule has 1 aromatic carbocycles. The number of amides is 1. The minimum Gasteiger partial charge on any atom is -0.355 e. The van der Waals surface area contributed by atoms with E-state index in [2.05, 4.69) is 25.3 Å². The maximum absolute atomic E-state index is 12.2. The van der Waals surface area contributed by atoms with E-state index < -0.39 is 0 Å². The molecule has 1 N–H and O–H groups in total. The molecule has 1 aliphatic rings. The molecule has 0 aliphatic carbocycles. The normalized spacial score (nSPS) is 16.0. The molecule has 2 heterocycles. The van der Waals surface area contributed by atoms with E-state index >= 15 is 0 Å². The number of likely N-dealkylation sites (tertiary alicyclic amines) is 1. The van der Waals surface area contributed by atoms with Crippen LogP contribution < -0.4 is 5.32 Å². The number of piperidine rings is 1. The van der Waals surface area contributed by atoms with E-state index in [-0.39, 0.29) is 11.8 Å². The fourth-order valence-corrected chi connectivity index (χ4v) is 3.38. The van der Waals surface area contributed by atoms with Crippen LogP contribution in [0.15, 0.2) is 28.8 Å². The van der Waals surface area contributed by atoms with Gasteiger partial charge in [-0.15, -0.1) is 0 Å². The second-order valence-corrected chi connectivity index (χ2v) is 7.54.